The Morgan fingerprint density at radius 2 is 1.70 bits per heavy atom. The zero-order valence-electron chi connectivity index (χ0n) is 24.6. The Balaban J connectivity index is 1.17. The van der Waals surface area contributed by atoms with E-state index < -0.39 is 0 Å². The van der Waals surface area contributed by atoms with E-state index >= 15 is 0 Å². The average Bonchev–Trinajstić information content (AvgIpc) is 3.62. The van der Waals surface area contributed by atoms with Crippen molar-refractivity contribution in [1.29, 1.82) is 0 Å². The first-order valence-electron chi connectivity index (χ1n) is 15.1. The third kappa shape index (κ3) is 5.32. The standard InChI is InChI=1S/C36H34ClN5O2/c1-21-29(24-12-13-42-33(17-24)40-19-26(36(42)44)18-39-20-28-10-11-34(43)41-28)4-2-5-30(21)32-7-3-6-31(35(32)37)23-9-8-22-15-27(38)16-25(22)14-23/h2-9,12-14,17,19,27-28,39H,10-11,15-16,18,20,38H2,1H3,(H,41,43). The summed E-state index contributed by atoms with van der Waals surface area (Å²) in [5, 5.41) is 6.94. The zero-order chi connectivity index (χ0) is 30.4. The lowest BCUT2D eigenvalue weighted by Gasteiger charge is -2.16. The van der Waals surface area contributed by atoms with E-state index in [1.54, 1.807) is 16.8 Å². The van der Waals surface area contributed by atoms with Gasteiger partial charge < -0.3 is 16.4 Å². The number of halogens is 1. The van der Waals surface area contributed by atoms with Gasteiger partial charge in [-0.2, -0.15) is 0 Å². The van der Waals surface area contributed by atoms with Gasteiger partial charge >= 0.3 is 0 Å². The summed E-state index contributed by atoms with van der Waals surface area (Å²) in [6.07, 6.45) is 6.62. The van der Waals surface area contributed by atoms with Crippen LogP contribution >= 0.6 is 11.6 Å². The molecule has 0 bridgehead atoms. The molecule has 5 aromatic rings. The highest BCUT2D eigenvalue weighted by Crippen LogP contribution is 2.40. The number of rotatable bonds is 7. The van der Waals surface area contributed by atoms with Crippen molar-refractivity contribution >= 4 is 23.2 Å². The van der Waals surface area contributed by atoms with E-state index in [-0.39, 0.29) is 23.6 Å². The predicted octanol–water partition coefficient (Wildman–Crippen LogP) is 5.45. The van der Waals surface area contributed by atoms with E-state index in [4.69, 9.17) is 17.3 Å². The van der Waals surface area contributed by atoms with Gasteiger partial charge in [0.05, 0.1) is 5.02 Å². The van der Waals surface area contributed by atoms with Crippen LogP contribution in [0.25, 0.3) is 39.0 Å². The van der Waals surface area contributed by atoms with Crippen LogP contribution in [0.15, 0.2) is 83.9 Å². The van der Waals surface area contributed by atoms with Gasteiger partial charge in [-0.25, -0.2) is 4.98 Å². The van der Waals surface area contributed by atoms with Crippen molar-refractivity contribution in [3.8, 4) is 33.4 Å². The van der Waals surface area contributed by atoms with Gasteiger partial charge in [0.25, 0.3) is 5.56 Å². The van der Waals surface area contributed by atoms with Crippen molar-refractivity contribution < 1.29 is 4.79 Å². The normalized spacial score (nSPS) is 17.7. The van der Waals surface area contributed by atoms with Gasteiger partial charge in [0.2, 0.25) is 5.91 Å². The van der Waals surface area contributed by atoms with Crippen LogP contribution in [0.1, 0.15) is 35.1 Å². The van der Waals surface area contributed by atoms with E-state index in [9.17, 15) is 9.59 Å². The van der Waals surface area contributed by atoms with Crippen LogP contribution in [0.2, 0.25) is 5.02 Å². The number of hydrogen-bond acceptors (Lipinski definition) is 5. The summed E-state index contributed by atoms with van der Waals surface area (Å²) in [6.45, 7) is 3.12. The summed E-state index contributed by atoms with van der Waals surface area (Å²) in [7, 11) is 0. The first-order valence-corrected chi connectivity index (χ1v) is 15.5. The summed E-state index contributed by atoms with van der Waals surface area (Å²) < 4.78 is 1.58. The maximum Gasteiger partial charge on any atom is 0.262 e. The van der Waals surface area contributed by atoms with Gasteiger partial charge in [-0.1, -0.05) is 66.2 Å². The Bertz CT molecular complexity index is 1980. The molecule has 1 amide bonds. The number of nitrogens with one attached hydrogen (secondary N) is 2. The molecule has 1 aliphatic carbocycles. The molecule has 2 atom stereocenters. The van der Waals surface area contributed by atoms with Crippen LogP contribution < -0.4 is 21.9 Å². The number of carbonyl (C=O) groups excluding carboxylic acids is 1. The number of nitrogens with two attached hydrogens (primary N) is 1. The molecule has 8 heteroatoms. The SMILES string of the molecule is Cc1c(-c2ccn3c(=O)c(CNCC4CCC(=O)N4)cnc3c2)cccc1-c1cccc(-c2ccc3c(c2)CC(N)C3)c1Cl. The molecule has 2 unspecified atom stereocenters. The van der Waals surface area contributed by atoms with Crippen LogP contribution in [-0.4, -0.2) is 33.9 Å². The topological polar surface area (TPSA) is 102 Å². The van der Waals surface area contributed by atoms with Gasteiger partial charge in [-0.05, 0) is 77.3 Å². The number of carbonyl (C=O) groups is 1. The molecule has 2 aromatic heterocycles. The fraction of sp³-hybridized carbons (Fsp3) is 0.250. The molecular formula is C36H34ClN5O2. The predicted molar refractivity (Wildman–Crippen MR) is 176 cm³/mol. The maximum atomic E-state index is 13.2. The zero-order valence-corrected chi connectivity index (χ0v) is 25.3. The molecule has 0 spiro atoms. The molecule has 0 saturated carbocycles. The highest BCUT2D eigenvalue weighted by molar-refractivity contribution is 6.36. The van der Waals surface area contributed by atoms with E-state index in [1.165, 1.54) is 11.1 Å². The molecule has 1 aliphatic heterocycles. The highest BCUT2D eigenvalue weighted by atomic mass is 35.5. The van der Waals surface area contributed by atoms with Gasteiger partial charge in [-0.15, -0.1) is 0 Å². The minimum atomic E-state index is -0.105. The molecule has 1 fully saturated rings. The third-order valence-corrected chi connectivity index (χ3v) is 9.39. The van der Waals surface area contributed by atoms with E-state index in [2.05, 4.69) is 71.1 Å². The van der Waals surface area contributed by atoms with Gasteiger partial charge in [0.15, 0.2) is 0 Å². The van der Waals surface area contributed by atoms with Crippen LogP contribution in [0.4, 0.5) is 0 Å². The number of aromatic nitrogens is 2. The second kappa shape index (κ2) is 11.7. The largest absolute Gasteiger partial charge is 0.352 e. The number of benzene rings is 3. The van der Waals surface area contributed by atoms with Crippen LogP contribution in [0, 0.1) is 6.92 Å². The van der Waals surface area contributed by atoms with Crippen molar-refractivity contribution in [3.05, 3.63) is 117 Å². The lowest BCUT2D eigenvalue weighted by molar-refractivity contribution is -0.119. The van der Waals surface area contributed by atoms with Gasteiger partial charge in [0.1, 0.15) is 5.65 Å². The summed E-state index contributed by atoms with van der Waals surface area (Å²) in [4.78, 5) is 29.3. The molecule has 1 saturated heterocycles. The van der Waals surface area contributed by atoms with Crippen molar-refractivity contribution in [2.45, 2.75) is 51.2 Å². The first kappa shape index (κ1) is 28.5. The fourth-order valence-electron chi connectivity index (χ4n) is 6.64. The van der Waals surface area contributed by atoms with Crippen molar-refractivity contribution in [2.75, 3.05) is 6.54 Å². The summed E-state index contributed by atoms with van der Waals surface area (Å²) >= 11 is 7.12. The lowest BCUT2D eigenvalue weighted by Crippen LogP contribution is -2.36. The second-order valence-electron chi connectivity index (χ2n) is 12.0. The number of nitrogens with zero attached hydrogens (tertiary/aromatic N) is 2. The molecule has 222 valence electrons. The van der Waals surface area contributed by atoms with E-state index in [0.717, 1.165) is 63.2 Å². The second-order valence-corrected chi connectivity index (χ2v) is 12.3. The van der Waals surface area contributed by atoms with Crippen molar-refractivity contribution in [1.82, 2.24) is 20.0 Å². The van der Waals surface area contributed by atoms with E-state index in [0.29, 0.717) is 30.7 Å². The van der Waals surface area contributed by atoms with E-state index in [1.807, 2.05) is 18.2 Å². The van der Waals surface area contributed by atoms with Crippen molar-refractivity contribution in [3.63, 3.8) is 0 Å². The van der Waals surface area contributed by atoms with Gasteiger partial charge in [0, 0.05) is 60.7 Å². The number of fused-ring (bicyclic) bond motifs is 2. The quantitative estimate of drug-likeness (QED) is 0.230. The first-order chi connectivity index (χ1) is 21.4. The number of pyridine rings is 1. The van der Waals surface area contributed by atoms with Crippen molar-refractivity contribution in [2.24, 2.45) is 5.73 Å². The summed E-state index contributed by atoms with van der Waals surface area (Å²) in [6, 6.07) is 23.2. The molecule has 3 heterocycles. The Morgan fingerprint density at radius 1 is 0.955 bits per heavy atom. The molecule has 7 nitrogen and oxygen atoms in total. The molecule has 0 radical (unpaired) electrons. The molecule has 2 aliphatic rings. The highest BCUT2D eigenvalue weighted by Gasteiger charge is 2.21. The minimum absolute atomic E-state index is 0.0817. The van der Waals surface area contributed by atoms with Crippen LogP contribution in [0.3, 0.4) is 0 Å². The molecule has 4 N–H and O–H groups in total. The lowest BCUT2D eigenvalue weighted by atomic mass is 9.91. The number of amides is 1. The Morgan fingerprint density at radius 3 is 2.52 bits per heavy atom. The average molecular weight is 604 g/mol. The molecule has 44 heavy (non-hydrogen) atoms. The summed E-state index contributed by atoms with van der Waals surface area (Å²) in [5.74, 6) is 0.0817. The third-order valence-electron chi connectivity index (χ3n) is 8.99. The smallest absolute Gasteiger partial charge is 0.262 e. The minimum Gasteiger partial charge on any atom is -0.352 e. The molecule has 7 rings (SSSR count). The maximum absolute atomic E-state index is 13.2. The Labute approximate surface area is 261 Å². The van der Waals surface area contributed by atoms with Crippen LogP contribution in [-0.2, 0) is 24.2 Å². The summed E-state index contributed by atoms with van der Waals surface area (Å²) in [5.41, 5.74) is 17.2. The monoisotopic (exact) mass is 603 g/mol. The Hall–Kier alpha value is -4.30. The van der Waals surface area contributed by atoms with Crippen LogP contribution in [0.5, 0.6) is 0 Å². The molecular weight excluding hydrogens is 570 g/mol. The van der Waals surface area contributed by atoms with Gasteiger partial charge in [-0.3, -0.25) is 14.0 Å². The Kier molecular flexibility index (Phi) is 7.54. The number of hydrogen-bond donors (Lipinski definition) is 3. The fourth-order valence-corrected chi connectivity index (χ4v) is 6.97. The molecule has 3 aromatic carbocycles.